The number of carboxylic acids is 1. The number of halogens is 2. The quantitative estimate of drug-likeness (QED) is 0.390. The van der Waals surface area contributed by atoms with Gasteiger partial charge in [-0.1, -0.05) is 47.5 Å². The number of carbonyl (C=O) groups excluding carboxylic acids is 1. The number of rotatable bonds is 4. The monoisotopic (exact) mass is 429 g/mol. The number of hydrogen-bond donors (Lipinski definition) is 1. The number of carbonyl (C=O) groups is 2. The van der Waals surface area contributed by atoms with Crippen molar-refractivity contribution in [3.05, 3.63) is 86.3 Å². The lowest BCUT2D eigenvalue weighted by atomic mass is 10.0. The molecule has 2 aromatic carbocycles. The topological polar surface area (TPSA) is 59.3 Å². The number of ketones is 1. The zero-order valence-corrected chi connectivity index (χ0v) is 16.9. The molecule has 0 aliphatic carbocycles. The van der Waals surface area contributed by atoms with Crippen LogP contribution in [0.1, 0.15) is 31.2 Å². The SMILES string of the molecule is Cc1cc(-n2cc(C(=O)c3c(Cl)cccc3Cl)c3ccccc32)sc1C(=O)O. The Balaban J connectivity index is 1.94. The van der Waals surface area contributed by atoms with Crippen molar-refractivity contribution in [1.82, 2.24) is 4.57 Å². The second kappa shape index (κ2) is 7.09. The van der Waals surface area contributed by atoms with Gasteiger partial charge in [0.25, 0.3) is 0 Å². The van der Waals surface area contributed by atoms with Crippen molar-refractivity contribution in [3.63, 3.8) is 0 Å². The Bertz CT molecular complexity index is 1240. The number of thiophene rings is 1. The van der Waals surface area contributed by atoms with Gasteiger partial charge in [0.05, 0.1) is 21.1 Å². The highest BCUT2D eigenvalue weighted by Gasteiger charge is 2.23. The first-order chi connectivity index (χ1) is 13.4. The van der Waals surface area contributed by atoms with Crippen molar-refractivity contribution in [3.8, 4) is 5.00 Å². The molecule has 7 heteroatoms. The van der Waals surface area contributed by atoms with Gasteiger partial charge >= 0.3 is 5.97 Å². The summed E-state index contributed by atoms with van der Waals surface area (Å²) in [4.78, 5) is 24.9. The van der Waals surface area contributed by atoms with Gasteiger partial charge in [-0.15, -0.1) is 11.3 Å². The van der Waals surface area contributed by atoms with E-state index in [4.69, 9.17) is 23.2 Å². The van der Waals surface area contributed by atoms with Crippen LogP contribution < -0.4 is 0 Å². The van der Waals surface area contributed by atoms with Crippen LogP contribution in [0.4, 0.5) is 0 Å². The van der Waals surface area contributed by atoms with Crippen LogP contribution in [-0.2, 0) is 0 Å². The second-order valence-corrected chi connectivity index (χ2v) is 8.10. The maximum Gasteiger partial charge on any atom is 0.346 e. The van der Waals surface area contributed by atoms with E-state index in [1.54, 1.807) is 37.4 Å². The second-order valence-electron chi connectivity index (χ2n) is 6.26. The summed E-state index contributed by atoms with van der Waals surface area (Å²) in [5.74, 6) is -1.25. The summed E-state index contributed by atoms with van der Waals surface area (Å²) < 4.78 is 1.83. The summed E-state index contributed by atoms with van der Waals surface area (Å²) in [7, 11) is 0. The number of fused-ring (bicyclic) bond motifs is 1. The summed E-state index contributed by atoms with van der Waals surface area (Å²) >= 11 is 13.6. The molecule has 140 valence electrons. The highest BCUT2D eigenvalue weighted by atomic mass is 35.5. The minimum Gasteiger partial charge on any atom is -0.477 e. The van der Waals surface area contributed by atoms with Crippen LogP contribution in [0, 0.1) is 6.92 Å². The van der Waals surface area contributed by atoms with E-state index in [-0.39, 0.29) is 26.3 Å². The van der Waals surface area contributed by atoms with Crippen molar-refractivity contribution in [2.45, 2.75) is 6.92 Å². The zero-order valence-electron chi connectivity index (χ0n) is 14.6. The largest absolute Gasteiger partial charge is 0.477 e. The molecule has 0 radical (unpaired) electrons. The first-order valence-corrected chi connectivity index (χ1v) is 9.88. The minimum absolute atomic E-state index is 0.252. The maximum atomic E-state index is 13.3. The molecule has 0 aliphatic rings. The molecule has 0 atom stereocenters. The van der Waals surface area contributed by atoms with Crippen LogP contribution in [0.15, 0.2) is 54.7 Å². The normalized spacial score (nSPS) is 11.1. The average molecular weight is 430 g/mol. The van der Waals surface area contributed by atoms with Crippen molar-refractivity contribution in [1.29, 1.82) is 0 Å². The summed E-state index contributed by atoms with van der Waals surface area (Å²) in [6.45, 7) is 1.75. The number of aryl methyl sites for hydroxylation is 1. The number of carboxylic acid groups (broad SMARTS) is 1. The number of benzene rings is 2. The number of aromatic carboxylic acids is 1. The third-order valence-corrected chi connectivity index (χ3v) is 6.34. The van der Waals surface area contributed by atoms with Crippen LogP contribution in [0.5, 0.6) is 0 Å². The Morgan fingerprint density at radius 1 is 1.04 bits per heavy atom. The molecule has 28 heavy (non-hydrogen) atoms. The van der Waals surface area contributed by atoms with Crippen LogP contribution in [-0.4, -0.2) is 21.4 Å². The smallest absolute Gasteiger partial charge is 0.346 e. The van der Waals surface area contributed by atoms with Crippen LogP contribution in [0.2, 0.25) is 10.0 Å². The van der Waals surface area contributed by atoms with Gasteiger partial charge in [-0.05, 0) is 36.8 Å². The molecule has 0 aliphatic heterocycles. The first kappa shape index (κ1) is 18.7. The fourth-order valence-electron chi connectivity index (χ4n) is 3.19. The van der Waals surface area contributed by atoms with Crippen LogP contribution in [0.25, 0.3) is 15.9 Å². The van der Waals surface area contributed by atoms with E-state index in [9.17, 15) is 14.7 Å². The Kier molecular flexibility index (Phi) is 4.75. The molecule has 0 unspecified atom stereocenters. The van der Waals surface area contributed by atoms with E-state index in [0.717, 1.165) is 27.2 Å². The molecule has 2 heterocycles. The predicted octanol–water partition coefficient (Wildman–Crippen LogP) is 6.24. The zero-order chi connectivity index (χ0) is 20.0. The molecule has 2 aromatic heterocycles. The van der Waals surface area contributed by atoms with E-state index < -0.39 is 5.97 Å². The van der Waals surface area contributed by atoms with Crippen LogP contribution in [0.3, 0.4) is 0 Å². The van der Waals surface area contributed by atoms with Crippen molar-refractivity contribution in [2.75, 3.05) is 0 Å². The molecule has 4 aromatic rings. The minimum atomic E-state index is -0.968. The first-order valence-electron chi connectivity index (χ1n) is 8.31. The third-order valence-electron chi connectivity index (χ3n) is 4.48. The molecule has 0 fully saturated rings. The highest BCUT2D eigenvalue weighted by molar-refractivity contribution is 7.16. The lowest BCUT2D eigenvalue weighted by Gasteiger charge is -2.05. The lowest BCUT2D eigenvalue weighted by Crippen LogP contribution is -2.02. The van der Waals surface area contributed by atoms with Gasteiger partial charge in [0.15, 0.2) is 5.78 Å². The van der Waals surface area contributed by atoms with E-state index in [0.29, 0.717) is 11.1 Å². The summed E-state index contributed by atoms with van der Waals surface area (Å²) in [5.41, 5.74) is 2.18. The Morgan fingerprint density at radius 3 is 2.36 bits per heavy atom. The summed E-state index contributed by atoms with van der Waals surface area (Å²) in [6.07, 6.45) is 1.71. The fraction of sp³-hybridized carbons (Fsp3) is 0.0476. The molecule has 0 spiro atoms. The molecular formula is C21H13Cl2NO3S. The number of hydrogen-bond acceptors (Lipinski definition) is 3. The van der Waals surface area contributed by atoms with Gasteiger partial charge in [-0.2, -0.15) is 0 Å². The molecule has 0 saturated carbocycles. The van der Waals surface area contributed by atoms with Crippen molar-refractivity contribution >= 4 is 57.2 Å². The molecule has 4 nitrogen and oxygen atoms in total. The van der Waals surface area contributed by atoms with Crippen molar-refractivity contribution < 1.29 is 14.7 Å². The molecule has 0 amide bonds. The van der Waals surface area contributed by atoms with E-state index in [1.165, 1.54) is 0 Å². The van der Waals surface area contributed by atoms with Gasteiger partial charge in [-0.3, -0.25) is 4.79 Å². The van der Waals surface area contributed by atoms with Gasteiger partial charge in [0.2, 0.25) is 0 Å². The average Bonchev–Trinajstić information content (AvgIpc) is 3.22. The van der Waals surface area contributed by atoms with Crippen LogP contribution >= 0.6 is 34.5 Å². The Labute approximate surface area is 174 Å². The summed E-state index contributed by atoms with van der Waals surface area (Å²) in [6, 6.07) is 14.2. The molecular weight excluding hydrogens is 417 g/mol. The van der Waals surface area contributed by atoms with Gasteiger partial charge in [-0.25, -0.2) is 4.79 Å². The number of aromatic nitrogens is 1. The van der Waals surface area contributed by atoms with E-state index in [1.807, 2.05) is 28.8 Å². The van der Waals surface area contributed by atoms with Gasteiger partial charge < -0.3 is 9.67 Å². The molecule has 0 bridgehead atoms. The molecule has 1 N–H and O–H groups in total. The Morgan fingerprint density at radius 2 is 1.71 bits per heavy atom. The third kappa shape index (κ3) is 3.02. The standard InChI is InChI=1S/C21H13Cl2NO3S/c1-11-9-17(28-20(11)21(26)27)24-10-13(12-5-2-3-8-16(12)24)19(25)18-14(22)6-4-7-15(18)23/h2-10H,1H3,(H,26,27). The highest BCUT2D eigenvalue weighted by Crippen LogP contribution is 2.34. The van der Waals surface area contributed by atoms with Gasteiger partial charge in [0.1, 0.15) is 9.88 Å². The molecule has 0 saturated heterocycles. The number of nitrogens with zero attached hydrogens (tertiary/aromatic N) is 1. The predicted molar refractivity (Wildman–Crippen MR) is 113 cm³/mol. The van der Waals surface area contributed by atoms with Crippen molar-refractivity contribution in [2.24, 2.45) is 0 Å². The molecule has 4 rings (SSSR count). The van der Waals surface area contributed by atoms with Gasteiger partial charge in [0, 0.05) is 17.1 Å². The summed E-state index contributed by atoms with van der Waals surface area (Å²) in [5, 5.41) is 11.4. The van der Waals surface area contributed by atoms with E-state index >= 15 is 0 Å². The Hall–Kier alpha value is -2.60. The lowest BCUT2D eigenvalue weighted by molar-refractivity contribution is 0.0701. The maximum absolute atomic E-state index is 13.3. The number of para-hydroxylation sites is 1. The van der Waals surface area contributed by atoms with E-state index in [2.05, 4.69) is 0 Å². The fourth-order valence-corrected chi connectivity index (χ4v) is 4.76.